The highest BCUT2D eigenvalue weighted by molar-refractivity contribution is 6.67. The molecule has 0 radical (unpaired) electrons. The van der Waals surface area contributed by atoms with Gasteiger partial charge in [-0.25, -0.2) is 0 Å². The highest BCUT2D eigenvalue weighted by atomic mass is 35.6. The molecule has 0 aromatic heterocycles. The fraction of sp³-hybridized carbons (Fsp3) is 1.00. The van der Waals surface area contributed by atoms with Crippen molar-refractivity contribution >= 4 is 46.4 Å². The maximum Gasteiger partial charge on any atom is 0.190 e. The summed E-state index contributed by atoms with van der Waals surface area (Å²) in [6, 6.07) is 0. The molecular formula is C18H34Cl4O. The molecule has 0 bridgehead atoms. The molecule has 0 heterocycles. The van der Waals surface area contributed by atoms with Crippen molar-refractivity contribution in [1.29, 1.82) is 0 Å². The lowest BCUT2D eigenvalue weighted by molar-refractivity contribution is 0.240. The average molecular weight is 408 g/mol. The van der Waals surface area contributed by atoms with E-state index >= 15 is 0 Å². The van der Waals surface area contributed by atoms with Gasteiger partial charge >= 0.3 is 0 Å². The number of aliphatic hydroxyl groups is 1. The first-order valence-corrected chi connectivity index (χ1v) is 10.9. The second-order valence-corrected chi connectivity index (χ2v) is 9.56. The van der Waals surface area contributed by atoms with Crippen LogP contribution in [0.2, 0.25) is 0 Å². The first-order valence-electron chi connectivity index (χ1n) is 9.31. The van der Waals surface area contributed by atoms with Gasteiger partial charge in [0.2, 0.25) is 0 Å². The molecule has 0 fully saturated rings. The van der Waals surface area contributed by atoms with Gasteiger partial charge < -0.3 is 5.11 Å². The van der Waals surface area contributed by atoms with Gasteiger partial charge in [-0.3, -0.25) is 0 Å². The van der Waals surface area contributed by atoms with E-state index < -0.39 is 9.36 Å². The Morgan fingerprint density at radius 1 is 0.565 bits per heavy atom. The summed E-state index contributed by atoms with van der Waals surface area (Å²) in [5.41, 5.74) is -0.649. The highest BCUT2D eigenvalue weighted by Crippen LogP contribution is 2.32. The van der Waals surface area contributed by atoms with Gasteiger partial charge in [0.05, 0.1) is 0 Å². The number of halogens is 4. The minimum Gasteiger partial charge on any atom is -0.378 e. The number of alkyl halides is 4. The van der Waals surface area contributed by atoms with Gasteiger partial charge in [-0.05, 0) is 25.7 Å². The van der Waals surface area contributed by atoms with E-state index in [-0.39, 0.29) is 0 Å². The number of hydrogen-bond acceptors (Lipinski definition) is 1. The second kappa shape index (κ2) is 16.6. The molecule has 0 aliphatic rings. The summed E-state index contributed by atoms with van der Waals surface area (Å²) in [7, 11) is 0. The van der Waals surface area contributed by atoms with Gasteiger partial charge in [0.25, 0.3) is 0 Å². The summed E-state index contributed by atoms with van der Waals surface area (Å²) in [5.74, 6) is 0. The van der Waals surface area contributed by atoms with Crippen molar-refractivity contribution in [3.63, 3.8) is 0 Å². The van der Waals surface area contributed by atoms with E-state index in [0.29, 0.717) is 6.42 Å². The summed E-state index contributed by atoms with van der Waals surface area (Å²) in [4.78, 5) is 0. The van der Waals surface area contributed by atoms with Crippen molar-refractivity contribution in [2.24, 2.45) is 0 Å². The van der Waals surface area contributed by atoms with Crippen LogP contribution in [0.4, 0.5) is 0 Å². The van der Waals surface area contributed by atoms with Crippen molar-refractivity contribution in [1.82, 2.24) is 0 Å². The van der Waals surface area contributed by atoms with Crippen LogP contribution in [0.3, 0.4) is 0 Å². The summed E-state index contributed by atoms with van der Waals surface area (Å²) < 4.78 is -1.06. The Labute approximate surface area is 163 Å². The van der Waals surface area contributed by atoms with Gasteiger partial charge in [0.1, 0.15) is 5.56 Å². The summed E-state index contributed by atoms with van der Waals surface area (Å²) in [5, 5.41) is 8.94. The molecule has 0 saturated carbocycles. The number of hydrogen-bond donors (Lipinski definition) is 1. The maximum absolute atomic E-state index is 8.94. The Kier molecular flexibility index (Phi) is 17.4. The zero-order valence-electron chi connectivity index (χ0n) is 14.4. The lowest BCUT2D eigenvalue weighted by Gasteiger charge is -2.09. The van der Waals surface area contributed by atoms with Crippen LogP contribution in [0.1, 0.15) is 103 Å². The molecule has 0 rings (SSSR count). The minimum absolute atomic E-state index is 0.649. The van der Waals surface area contributed by atoms with Crippen LogP contribution < -0.4 is 0 Å². The van der Waals surface area contributed by atoms with Gasteiger partial charge in [0, 0.05) is 0 Å². The molecule has 0 amide bonds. The van der Waals surface area contributed by atoms with Crippen LogP contribution in [0.5, 0.6) is 0 Å². The van der Waals surface area contributed by atoms with Crippen molar-refractivity contribution in [2.75, 3.05) is 0 Å². The molecule has 1 unspecified atom stereocenters. The molecule has 0 aliphatic heterocycles. The lowest BCUT2D eigenvalue weighted by atomic mass is 10.0. The molecule has 1 N–H and O–H groups in total. The first kappa shape index (κ1) is 24.1. The normalized spacial score (nSPS) is 13.4. The molecule has 5 heteroatoms. The molecule has 0 aromatic rings. The molecule has 0 spiro atoms. The largest absolute Gasteiger partial charge is 0.378 e. The van der Waals surface area contributed by atoms with Crippen LogP contribution in [0.15, 0.2) is 0 Å². The third-order valence-electron chi connectivity index (χ3n) is 4.15. The summed E-state index contributed by atoms with van der Waals surface area (Å²) >= 11 is 22.7. The third-order valence-corrected chi connectivity index (χ3v) is 4.94. The van der Waals surface area contributed by atoms with E-state index in [0.717, 1.165) is 19.3 Å². The second-order valence-electron chi connectivity index (χ2n) is 6.54. The van der Waals surface area contributed by atoms with Gasteiger partial charge in [-0.1, -0.05) is 123 Å². The number of unbranched alkanes of at least 4 members (excludes halogenated alkanes) is 13. The monoisotopic (exact) mass is 406 g/mol. The van der Waals surface area contributed by atoms with Gasteiger partial charge in [-0.15, -0.1) is 0 Å². The molecule has 140 valence electrons. The zero-order chi connectivity index (χ0) is 17.4. The van der Waals surface area contributed by atoms with Crippen molar-refractivity contribution in [3.8, 4) is 0 Å². The number of aliphatic hydroxyl groups excluding tert-OH is 1. The number of rotatable bonds is 16. The third kappa shape index (κ3) is 23.1. The van der Waals surface area contributed by atoms with E-state index in [9.17, 15) is 0 Å². The predicted octanol–water partition coefficient (Wildman–Crippen LogP) is 8.16. The predicted molar refractivity (Wildman–Crippen MR) is 106 cm³/mol. The first-order chi connectivity index (χ1) is 10.9. The minimum atomic E-state index is -1.06. The lowest BCUT2D eigenvalue weighted by Crippen LogP contribution is -2.00. The summed E-state index contributed by atoms with van der Waals surface area (Å²) in [6.07, 6.45) is 19.2. The Balaban J connectivity index is 3.03. The fourth-order valence-corrected chi connectivity index (χ4v) is 3.31. The zero-order valence-corrected chi connectivity index (χ0v) is 17.4. The van der Waals surface area contributed by atoms with Crippen LogP contribution >= 0.6 is 46.4 Å². The average Bonchev–Trinajstić information content (AvgIpc) is 2.45. The molecule has 1 atom stereocenters. The Bertz CT molecular complexity index is 242. The van der Waals surface area contributed by atoms with E-state index in [1.54, 1.807) is 0 Å². The van der Waals surface area contributed by atoms with Crippen LogP contribution in [-0.4, -0.2) is 14.5 Å². The Morgan fingerprint density at radius 3 is 1.17 bits per heavy atom. The quantitative estimate of drug-likeness (QED) is 0.202. The molecule has 0 saturated heterocycles. The molecular weight excluding hydrogens is 374 g/mol. The van der Waals surface area contributed by atoms with Crippen LogP contribution in [-0.2, 0) is 0 Å². The Morgan fingerprint density at radius 2 is 0.870 bits per heavy atom. The topological polar surface area (TPSA) is 20.2 Å². The van der Waals surface area contributed by atoms with E-state index in [4.69, 9.17) is 51.5 Å². The molecule has 0 aromatic carbocycles. The molecule has 1 nitrogen and oxygen atoms in total. The van der Waals surface area contributed by atoms with Crippen LogP contribution in [0, 0.1) is 0 Å². The highest BCUT2D eigenvalue weighted by Gasteiger charge is 2.17. The van der Waals surface area contributed by atoms with Gasteiger partial charge in [0.15, 0.2) is 3.79 Å². The van der Waals surface area contributed by atoms with Gasteiger partial charge in [-0.2, -0.15) is 0 Å². The van der Waals surface area contributed by atoms with Crippen molar-refractivity contribution in [2.45, 2.75) is 112 Å². The summed E-state index contributed by atoms with van der Waals surface area (Å²) in [6.45, 7) is 0. The van der Waals surface area contributed by atoms with E-state index in [1.165, 1.54) is 77.0 Å². The Hall–Kier alpha value is 1.12. The molecule has 0 aliphatic carbocycles. The standard InChI is InChI=1S/C18H34Cl4O/c19-17(23)15-13-11-9-7-5-3-1-2-4-6-8-10-12-14-16-18(20,21)22/h17,23H,1-16H2. The van der Waals surface area contributed by atoms with E-state index in [1.807, 2.05) is 0 Å². The SMILES string of the molecule is OC(Cl)CCCCCCCCCCCCCCCCC(Cl)(Cl)Cl. The van der Waals surface area contributed by atoms with Crippen molar-refractivity contribution in [3.05, 3.63) is 0 Å². The fourth-order valence-electron chi connectivity index (χ4n) is 2.76. The van der Waals surface area contributed by atoms with E-state index in [2.05, 4.69) is 0 Å². The van der Waals surface area contributed by atoms with Crippen LogP contribution in [0.25, 0.3) is 0 Å². The van der Waals surface area contributed by atoms with Crippen molar-refractivity contribution < 1.29 is 5.11 Å². The smallest absolute Gasteiger partial charge is 0.190 e. The molecule has 23 heavy (non-hydrogen) atoms. The maximum atomic E-state index is 8.94.